The SMILES string of the molecule is O=C(NCC(=O)N1CCC(N2CCC3(CCOC4=C3C=CCC4)CC2)C1)c1ccc(Cl)c(Cl)c1. The molecule has 2 fully saturated rings. The number of benzene rings is 1. The number of nitrogens with one attached hydrogen (secondary N) is 1. The Morgan fingerprint density at radius 1 is 1.12 bits per heavy atom. The Labute approximate surface area is 210 Å². The van der Waals surface area contributed by atoms with Gasteiger partial charge in [0.25, 0.3) is 5.91 Å². The fourth-order valence-corrected chi connectivity index (χ4v) is 6.18. The predicted octanol–water partition coefficient (Wildman–Crippen LogP) is 4.43. The Balaban J connectivity index is 1.11. The van der Waals surface area contributed by atoms with Gasteiger partial charge in [0.2, 0.25) is 5.91 Å². The van der Waals surface area contributed by atoms with Crippen LogP contribution >= 0.6 is 23.2 Å². The third-order valence-corrected chi connectivity index (χ3v) is 8.66. The third-order valence-electron chi connectivity index (χ3n) is 7.92. The summed E-state index contributed by atoms with van der Waals surface area (Å²) in [6, 6.07) is 5.08. The zero-order chi connectivity index (χ0) is 23.7. The van der Waals surface area contributed by atoms with Crippen molar-refractivity contribution in [2.75, 3.05) is 39.3 Å². The first kappa shape index (κ1) is 23.7. The highest BCUT2D eigenvalue weighted by molar-refractivity contribution is 6.42. The van der Waals surface area contributed by atoms with Crippen LogP contribution in [0, 0.1) is 5.41 Å². The number of piperidine rings is 1. The molecule has 182 valence electrons. The van der Waals surface area contributed by atoms with Crippen molar-refractivity contribution in [3.63, 3.8) is 0 Å². The van der Waals surface area contributed by atoms with Gasteiger partial charge in [0.05, 0.1) is 29.0 Å². The largest absolute Gasteiger partial charge is 0.498 e. The minimum Gasteiger partial charge on any atom is -0.498 e. The average Bonchev–Trinajstić information content (AvgIpc) is 3.35. The molecule has 0 aromatic heterocycles. The second kappa shape index (κ2) is 9.92. The lowest BCUT2D eigenvalue weighted by Gasteiger charge is -2.47. The molecule has 3 heterocycles. The standard InChI is InChI=1S/C26H31Cl2N3O3/c27-21-6-5-18(15-22(21)28)25(33)29-16-24(32)31-11-7-19(17-31)30-12-8-26(9-13-30)10-14-34-23-4-2-1-3-20(23)26/h1,3,5-6,15,19H,2,4,7-14,16-17H2,(H,29,33). The van der Waals surface area contributed by atoms with E-state index in [-0.39, 0.29) is 23.8 Å². The molecule has 8 heteroatoms. The molecule has 2 amide bonds. The van der Waals surface area contributed by atoms with Crippen molar-refractivity contribution in [1.82, 2.24) is 15.1 Å². The van der Waals surface area contributed by atoms with Crippen LogP contribution in [0.4, 0.5) is 0 Å². The van der Waals surface area contributed by atoms with Crippen LogP contribution in [0.5, 0.6) is 0 Å². The lowest BCUT2D eigenvalue weighted by Crippen LogP contribution is -2.48. The molecule has 1 spiro atoms. The predicted molar refractivity (Wildman–Crippen MR) is 133 cm³/mol. The Hall–Kier alpha value is -2.02. The number of hydrogen-bond acceptors (Lipinski definition) is 4. The monoisotopic (exact) mass is 503 g/mol. The number of ether oxygens (including phenoxy) is 1. The molecule has 1 N–H and O–H groups in total. The van der Waals surface area contributed by atoms with Crippen LogP contribution in [-0.2, 0) is 9.53 Å². The lowest BCUT2D eigenvalue weighted by molar-refractivity contribution is -0.129. The molecule has 5 rings (SSSR count). The molecular formula is C26H31Cl2N3O3. The van der Waals surface area contributed by atoms with E-state index in [1.165, 1.54) is 17.4 Å². The van der Waals surface area contributed by atoms with Crippen LogP contribution in [0.2, 0.25) is 10.0 Å². The van der Waals surface area contributed by atoms with Crippen LogP contribution in [0.15, 0.2) is 41.7 Å². The van der Waals surface area contributed by atoms with Gasteiger partial charge in [-0.1, -0.05) is 35.4 Å². The number of nitrogens with zero attached hydrogens (tertiary/aromatic N) is 2. The minimum atomic E-state index is -0.328. The van der Waals surface area contributed by atoms with Gasteiger partial charge in [0.1, 0.15) is 0 Å². The number of fused-ring (bicyclic) bond motifs is 1. The smallest absolute Gasteiger partial charge is 0.251 e. The summed E-state index contributed by atoms with van der Waals surface area (Å²) in [5, 5.41) is 3.43. The molecule has 0 radical (unpaired) electrons. The Morgan fingerprint density at radius 2 is 1.94 bits per heavy atom. The maximum absolute atomic E-state index is 12.7. The third kappa shape index (κ3) is 4.73. The van der Waals surface area contributed by atoms with Crippen molar-refractivity contribution in [3.8, 4) is 0 Å². The van der Waals surface area contributed by atoms with Crippen LogP contribution in [-0.4, -0.2) is 67.0 Å². The van der Waals surface area contributed by atoms with E-state index in [1.54, 1.807) is 12.1 Å². The van der Waals surface area contributed by atoms with Crippen molar-refractivity contribution in [3.05, 3.63) is 57.3 Å². The van der Waals surface area contributed by atoms with Crippen molar-refractivity contribution in [2.45, 2.75) is 44.6 Å². The quantitative estimate of drug-likeness (QED) is 0.659. The molecule has 1 aromatic rings. The van der Waals surface area contributed by atoms with E-state index in [0.29, 0.717) is 21.7 Å². The normalized spacial score (nSPS) is 24.2. The molecule has 1 aliphatic carbocycles. The Morgan fingerprint density at radius 3 is 2.74 bits per heavy atom. The van der Waals surface area contributed by atoms with Crippen LogP contribution in [0.1, 0.15) is 48.9 Å². The first-order chi connectivity index (χ1) is 16.4. The van der Waals surface area contributed by atoms with Gasteiger partial charge in [-0.15, -0.1) is 0 Å². The molecule has 1 aromatic carbocycles. The lowest BCUT2D eigenvalue weighted by atomic mass is 9.67. The topological polar surface area (TPSA) is 61.9 Å². The van der Waals surface area contributed by atoms with E-state index in [1.807, 2.05) is 4.90 Å². The van der Waals surface area contributed by atoms with Gasteiger partial charge in [-0.25, -0.2) is 0 Å². The van der Waals surface area contributed by atoms with Gasteiger partial charge in [0.15, 0.2) is 0 Å². The summed E-state index contributed by atoms with van der Waals surface area (Å²) in [6.45, 7) is 4.41. The first-order valence-corrected chi connectivity index (χ1v) is 13.0. The minimum absolute atomic E-state index is 0.0157. The van der Waals surface area contributed by atoms with Gasteiger partial charge >= 0.3 is 0 Å². The molecule has 34 heavy (non-hydrogen) atoms. The van der Waals surface area contributed by atoms with E-state index in [2.05, 4.69) is 22.4 Å². The van der Waals surface area contributed by atoms with E-state index in [9.17, 15) is 9.59 Å². The molecule has 1 atom stereocenters. The van der Waals surface area contributed by atoms with E-state index < -0.39 is 0 Å². The van der Waals surface area contributed by atoms with Gasteiger partial charge in [-0.3, -0.25) is 14.5 Å². The molecular weight excluding hydrogens is 473 g/mol. The summed E-state index contributed by atoms with van der Waals surface area (Å²) in [6.07, 6.45) is 11.1. The van der Waals surface area contributed by atoms with Crippen molar-refractivity contribution < 1.29 is 14.3 Å². The summed E-state index contributed by atoms with van der Waals surface area (Å²) in [5.74, 6) is 0.851. The molecule has 6 nitrogen and oxygen atoms in total. The number of carbonyl (C=O) groups is 2. The number of rotatable bonds is 4. The Bertz CT molecular complexity index is 1030. The number of hydrogen-bond donors (Lipinski definition) is 1. The number of halogens is 2. The highest BCUT2D eigenvalue weighted by Gasteiger charge is 2.43. The average molecular weight is 504 g/mol. The van der Waals surface area contributed by atoms with Crippen LogP contribution in [0.25, 0.3) is 0 Å². The zero-order valence-corrected chi connectivity index (χ0v) is 20.8. The van der Waals surface area contributed by atoms with Crippen molar-refractivity contribution >= 4 is 35.0 Å². The number of likely N-dealkylation sites (tertiary alicyclic amines) is 2. The van der Waals surface area contributed by atoms with Gasteiger partial charge < -0.3 is 15.0 Å². The summed E-state index contributed by atoms with van der Waals surface area (Å²) in [5.41, 5.74) is 2.11. The summed E-state index contributed by atoms with van der Waals surface area (Å²) < 4.78 is 5.98. The molecule has 4 aliphatic rings. The zero-order valence-electron chi connectivity index (χ0n) is 19.3. The maximum atomic E-state index is 12.7. The van der Waals surface area contributed by atoms with Crippen molar-refractivity contribution in [2.24, 2.45) is 5.41 Å². The fourth-order valence-electron chi connectivity index (χ4n) is 5.88. The summed E-state index contributed by atoms with van der Waals surface area (Å²) in [4.78, 5) is 29.6. The molecule has 3 aliphatic heterocycles. The first-order valence-electron chi connectivity index (χ1n) is 12.2. The Kier molecular flexibility index (Phi) is 6.92. The highest BCUT2D eigenvalue weighted by Crippen LogP contribution is 2.48. The van der Waals surface area contributed by atoms with Gasteiger partial charge in [-0.05, 0) is 69.0 Å². The molecule has 2 saturated heterocycles. The molecule has 1 unspecified atom stereocenters. The highest BCUT2D eigenvalue weighted by atomic mass is 35.5. The van der Waals surface area contributed by atoms with E-state index in [4.69, 9.17) is 27.9 Å². The second-order valence-corrected chi connectivity index (χ2v) is 10.6. The maximum Gasteiger partial charge on any atom is 0.251 e. The fraction of sp³-hybridized carbons (Fsp3) is 0.538. The number of carbonyl (C=O) groups excluding carboxylic acids is 2. The van der Waals surface area contributed by atoms with Gasteiger partial charge in [-0.2, -0.15) is 0 Å². The van der Waals surface area contributed by atoms with Gasteiger partial charge in [0, 0.05) is 36.5 Å². The summed E-state index contributed by atoms with van der Waals surface area (Å²) in [7, 11) is 0. The summed E-state index contributed by atoms with van der Waals surface area (Å²) >= 11 is 11.9. The van der Waals surface area contributed by atoms with Crippen LogP contribution in [0.3, 0.4) is 0 Å². The van der Waals surface area contributed by atoms with E-state index in [0.717, 1.165) is 71.3 Å². The molecule has 0 bridgehead atoms. The van der Waals surface area contributed by atoms with E-state index >= 15 is 0 Å². The number of amides is 2. The van der Waals surface area contributed by atoms with Crippen LogP contribution < -0.4 is 5.32 Å². The van der Waals surface area contributed by atoms with Crippen molar-refractivity contribution in [1.29, 1.82) is 0 Å². The number of allylic oxidation sites excluding steroid dienone is 4. The molecule has 0 saturated carbocycles. The second-order valence-electron chi connectivity index (χ2n) is 9.79.